The van der Waals surface area contributed by atoms with Crippen LogP contribution in [-0.2, 0) is 19.1 Å². The van der Waals surface area contributed by atoms with Crippen molar-refractivity contribution in [3.8, 4) is 12.3 Å². The van der Waals surface area contributed by atoms with Gasteiger partial charge >= 0.3 is 12.1 Å². The van der Waals surface area contributed by atoms with Gasteiger partial charge in [0, 0.05) is 32.7 Å². The lowest BCUT2D eigenvalue weighted by molar-refractivity contribution is -0.139. The number of carbonyl (C=O) groups excluding carboxylic acids is 3. The van der Waals surface area contributed by atoms with Gasteiger partial charge in [-0.05, 0) is 58.4 Å². The Balaban J connectivity index is 1.79. The van der Waals surface area contributed by atoms with Crippen LogP contribution in [0.3, 0.4) is 0 Å². The maximum Gasteiger partial charge on any atom is 0.410 e. The van der Waals surface area contributed by atoms with E-state index in [2.05, 4.69) is 11.2 Å². The number of nitrogens with one attached hydrogen (secondary N) is 1. The molecule has 0 spiro atoms. The number of carboxylic acid groups (broad SMARTS) is 1. The van der Waals surface area contributed by atoms with Crippen LogP contribution in [0.15, 0.2) is 12.2 Å². The van der Waals surface area contributed by atoms with E-state index < -0.39 is 17.5 Å². The molecule has 3 amide bonds. The Bertz CT molecular complexity index is 802. The molecular formula is C24H35N3O6. The molecule has 182 valence electrons. The smallest absolute Gasteiger partial charge is 0.410 e. The minimum atomic E-state index is -1.15. The molecule has 0 aromatic heterocycles. The number of aliphatic carboxylic acids is 1. The maximum atomic E-state index is 12.7. The Kier molecular flexibility index (Phi) is 9.32. The summed E-state index contributed by atoms with van der Waals surface area (Å²) in [5, 5.41) is 11.6. The lowest BCUT2D eigenvalue weighted by Gasteiger charge is -2.33. The first-order valence-corrected chi connectivity index (χ1v) is 11.4. The summed E-state index contributed by atoms with van der Waals surface area (Å²) >= 11 is 0. The lowest BCUT2D eigenvalue weighted by atomic mass is 9.95. The fourth-order valence-corrected chi connectivity index (χ4v) is 3.88. The minimum Gasteiger partial charge on any atom is -0.480 e. The quantitative estimate of drug-likeness (QED) is 0.461. The van der Waals surface area contributed by atoms with E-state index in [-0.39, 0.29) is 36.3 Å². The number of allylic oxidation sites excluding steroid dienone is 1. The van der Waals surface area contributed by atoms with Crippen molar-refractivity contribution in [2.45, 2.75) is 52.1 Å². The van der Waals surface area contributed by atoms with Crippen molar-refractivity contribution < 1.29 is 29.0 Å². The molecule has 1 unspecified atom stereocenters. The molecule has 0 aromatic carbocycles. The number of carboxylic acids is 1. The van der Waals surface area contributed by atoms with Crippen LogP contribution in [0.25, 0.3) is 0 Å². The molecule has 0 aliphatic carbocycles. The highest BCUT2D eigenvalue weighted by Crippen LogP contribution is 2.22. The summed E-state index contributed by atoms with van der Waals surface area (Å²) in [6.45, 7) is 7.42. The summed E-state index contributed by atoms with van der Waals surface area (Å²) in [6, 6.07) is 0. The van der Waals surface area contributed by atoms with Crippen LogP contribution in [0, 0.1) is 30.1 Å². The standard InChI is InChI=1S/C24H35N3O6/c1-5-18(22(30)31)15-25-21(29)19-7-6-12-27(16-19)20(28)9-8-17-10-13-26(14-11-17)23(32)33-24(2,3)4/h1,8-9,17-19H,6-7,10-16H2,2-4H3,(H,25,29)(H,30,31)/b9-8+/t18?,19-/m0/s1. The van der Waals surface area contributed by atoms with E-state index in [0.717, 1.165) is 12.8 Å². The van der Waals surface area contributed by atoms with E-state index >= 15 is 0 Å². The number of piperidine rings is 2. The van der Waals surface area contributed by atoms with Gasteiger partial charge < -0.3 is 25.0 Å². The van der Waals surface area contributed by atoms with Crippen molar-refractivity contribution in [2.24, 2.45) is 17.8 Å². The molecule has 2 saturated heterocycles. The lowest BCUT2D eigenvalue weighted by Crippen LogP contribution is -2.46. The zero-order valence-corrected chi connectivity index (χ0v) is 19.7. The topological polar surface area (TPSA) is 116 Å². The van der Waals surface area contributed by atoms with Crippen molar-refractivity contribution in [3.63, 3.8) is 0 Å². The minimum absolute atomic E-state index is 0.128. The maximum absolute atomic E-state index is 12.7. The molecule has 33 heavy (non-hydrogen) atoms. The molecule has 0 aromatic rings. The third-order valence-corrected chi connectivity index (χ3v) is 5.79. The molecule has 9 heteroatoms. The van der Waals surface area contributed by atoms with Gasteiger partial charge in [0.25, 0.3) is 0 Å². The van der Waals surface area contributed by atoms with Crippen molar-refractivity contribution in [1.82, 2.24) is 15.1 Å². The summed E-state index contributed by atoms with van der Waals surface area (Å²) in [5.74, 6) is -0.701. The highest BCUT2D eigenvalue weighted by atomic mass is 16.6. The van der Waals surface area contributed by atoms with Gasteiger partial charge in [0.05, 0.1) is 5.92 Å². The predicted octanol–water partition coefficient (Wildman–Crippen LogP) is 1.88. The van der Waals surface area contributed by atoms with Gasteiger partial charge in [-0.2, -0.15) is 0 Å². The molecule has 2 aliphatic rings. The van der Waals surface area contributed by atoms with Gasteiger partial charge in [0.1, 0.15) is 11.5 Å². The third-order valence-electron chi connectivity index (χ3n) is 5.79. The van der Waals surface area contributed by atoms with Gasteiger partial charge in [-0.25, -0.2) is 4.79 Å². The van der Waals surface area contributed by atoms with E-state index in [0.29, 0.717) is 39.0 Å². The molecule has 2 atom stereocenters. The number of rotatable bonds is 6. The van der Waals surface area contributed by atoms with Crippen LogP contribution >= 0.6 is 0 Å². The number of hydrogen-bond acceptors (Lipinski definition) is 5. The average Bonchev–Trinajstić information content (AvgIpc) is 2.76. The van der Waals surface area contributed by atoms with E-state index in [4.69, 9.17) is 16.3 Å². The Labute approximate surface area is 195 Å². The van der Waals surface area contributed by atoms with Crippen molar-refractivity contribution in [3.05, 3.63) is 12.2 Å². The van der Waals surface area contributed by atoms with Crippen LogP contribution in [-0.4, -0.2) is 77.1 Å². The molecule has 2 N–H and O–H groups in total. The number of ether oxygens (including phenoxy) is 1. The molecule has 9 nitrogen and oxygen atoms in total. The molecule has 2 fully saturated rings. The molecule has 2 heterocycles. The molecule has 2 aliphatic heterocycles. The van der Waals surface area contributed by atoms with Crippen LogP contribution < -0.4 is 5.32 Å². The van der Waals surface area contributed by atoms with Crippen molar-refractivity contribution >= 4 is 23.9 Å². The van der Waals surface area contributed by atoms with Crippen molar-refractivity contribution in [2.75, 3.05) is 32.7 Å². The monoisotopic (exact) mass is 461 g/mol. The number of hydrogen-bond donors (Lipinski definition) is 2. The first-order chi connectivity index (χ1) is 15.5. The zero-order valence-electron chi connectivity index (χ0n) is 19.7. The first kappa shape index (κ1) is 26.2. The number of likely N-dealkylation sites (tertiary alicyclic amines) is 2. The summed E-state index contributed by atoms with van der Waals surface area (Å²) in [5.41, 5.74) is -0.525. The molecule has 2 rings (SSSR count). The summed E-state index contributed by atoms with van der Waals surface area (Å²) in [4.78, 5) is 51.6. The summed E-state index contributed by atoms with van der Waals surface area (Å²) < 4.78 is 5.40. The fourth-order valence-electron chi connectivity index (χ4n) is 3.88. The Hall–Kier alpha value is -3.02. The largest absolute Gasteiger partial charge is 0.480 e. The SMILES string of the molecule is C#CC(CNC(=O)[C@H]1CCCN(C(=O)/C=C/C2CCN(C(=O)OC(C)(C)C)CC2)C1)C(=O)O. The van der Waals surface area contributed by atoms with E-state index in [1.807, 2.05) is 26.8 Å². The Morgan fingerprint density at radius 2 is 1.82 bits per heavy atom. The molecule has 0 saturated carbocycles. The van der Waals surface area contributed by atoms with Crippen LogP contribution in [0.5, 0.6) is 0 Å². The van der Waals surface area contributed by atoms with Crippen LogP contribution in [0.1, 0.15) is 46.5 Å². The van der Waals surface area contributed by atoms with Gasteiger partial charge in [-0.3, -0.25) is 14.4 Å². The number of carbonyl (C=O) groups is 4. The third kappa shape index (κ3) is 8.44. The van der Waals surface area contributed by atoms with E-state index in [1.54, 1.807) is 15.9 Å². The summed E-state index contributed by atoms with van der Waals surface area (Å²) in [7, 11) is 0. The fraction of sp³-hybridized carbons (Fsp3) is 0.667. The summed E-state index contributed by atoms with van der Waals surface area (Å²) in [6.07, 6.45) is 11.2. The molecule has 0 bridgehead atoms. The van der Waals surface area contributed by atoms with Crippen LogP contribution in [0.2, 0.25) is 0 Å². The number of nitrogens with zero attached hydrogens (tertiary/aromatic N) is 2. The van der Waals surface area contributed by atoms with Crippen LogP contribution in [0.4, 0.5) is 4.79 Å². The van der Waals surface area contributed by atoms with E-state index in [1.165, 1.54) is 0 Å². The van der Waals surface area contributed by atoms with Gasteiger partial charge in [-0.1, -0.05) is 12.0 Å². The van der Waals surface area contributed by atoms with Gasteiger partial charge in [0.15, 0.2) is 0 Å². The molecule has 0 radical (unpaired) electrons. The van der Waals surface area contributed by atoms with E-state index in [9.17, 15) is 19.2 Å². The number of terminal acetylenes is 1. The zero-order chi connectivity index (χ0) is 24.6. The Morgan fingerprint density at radius 3 is 2.39 bits per heavy atom. The highest BCUT2D eigenvalue weighted by molar-refractivity contribution is 5.88. The Morgan fingerprint density at radius 1 is 1.15 bits per heavy atom. The second kappa shape index (κ2) is 11.7. The second-order valence-electron chi connectivity index (χ2n) is 9.59. The average molecular weight is 462 g/mol. The first-order valence-electron chi connectivity index (χ1n) is 11.4. The number of amides is 3. The van der Waals surface area contributed by atoms with Crippen molar-refractivity contribution in [1.29, 1.82) is 0 Å². The molecular weight excluding hydrogens is 426 g/mol. The predicted molar refractivity (Wildman–Crippen MR) is 122 cm³/mol. The normalized spacial score (nSPS) is 20.7. The highest BCUT2D eigenvalue weighted by Gasteiger charge is 2.29. The van der Waals surface area contributed by atoms with Gasteiger partial charge in [-0.15, -0.1) is 6.42 Å². The second-order valence-corrected chi connectivity index (χ2v) is 9.59. The van der Waals surface area contributed by atoms with Gasteiger partial charge in [0.2, 0.25) is 11.8 Å².